The maximum atomic E-state index is 11.6. The highest BCUT2D eigenvalue weighted by Crippen LogP contribution is 2.00. The molecule has 5 heteroatoms. The van der Waals surface area contributed by atoms with Gasteiger partial charge in [0.05, 0.1) is 12.3 Å². The number of benzene rings is 1. The van der Waals surface area contributed by atoms with Crippen molar-refractivity contribution in [3.63, 3.8) is 0 Å². The van der Waals surface area contributed by atoms with Crippen LogP contribution in [-0.2, 0) is 10.0 Å². The van der Waals surface area contributed by atoms with Crippen molar-refractivity contribution in [1.29, 1.82) is 0 Å². The molecule has 0 fully saturated rings. The van der Waals surface area contributed by atoms with Crippen molar-refractivity contribution in [3.05, 3.63) is 35.9 Å². The standard InChI is InChI=1S/C12H17NO3S/c1-2-3-9-17(15,16)13-10-12(14)11-7-5-4-6-8-11/h4-8,13H,2-3,9-10H2,1H3. The number of hydrogen-bond donors (Lipinski definition) is 1. The van der Waals surface area contributed by atoms with Crippen LogP contribution < -0.4 is 4.72 Å². The second kappa shape index (κ2) is 6.51. The number of carbonyl (C=O) groups is 1. The number of Topliss-reactive ketones (excluding diaryl/α,β-unsaturated/α-hetero) is 1. The minimum absolute atomic E-state index is 0.0750. The Bertz CT molecular complexity index is 454. The van der Waals surface area contributed by atoms with Crippen molar-refractivity contribution in [2.45, 2.75) is 19.8 Å². The molecule has 0 aliphatic rings. The van der Waals surface area contributed by atoms with Gasteiger partial charge in [0.25, 0.3) is 0 Å². The molecular weight excluding hydrogens is 238 g/mol. The van der Waals surface area contributed by atoms with Crippen molar-refractivity contribution in [3.8, 4) is 0 Å². The van der Waals surface area contributed by atoms with Crippen molar-refractivity contribution < 1.29 is 13.2 Å². The zero-order valence-corrected chi connectivity index (χ0v) is 10.7. The van der Waals surface area contributed by atoms with Gasteiger partial charge in [0.1, 0.15) is 0 Å². The zero-order valence-electron chi connectivity index (χ0n) is 9.85. The maximum absolute atomic E-state index is 11.6. The molecule has 0 saturated carbocycles. The summed E-state index contributed by atoms with van der Waals surface area (Å²) in [6, 6.07) is 8.64. The zero-order chi connectivity index (χ0) is 12.7. The van der Waals surface area contributed by atoms with E-state index in [1.165, 1.54) is 0 Å². The Hall–Kier alpha value is -1.20. The minimum atomic E-state index is -3.32. The summed E-state index contributed by atoms with van der Waals surface area (Å²) in [6.07, 6.45) is 1.42. The van der Waals surface area contributed by atoms with Crippen LogP contribution in [0.3, 0.4) is 0 Å². The third kappa shape index (κ3) is 5.10. The monoisotopic (exact) mass is 255 g/mol. The van der Waals surface area contributed by atoms with Gasteiger partial charge in [0, 0.05) is 5.56 Å². The molecule has 0 radical (unpaired) electrons. The second-order valence-corrected chi connectivity index (χ2v) is 5.71. The van der Waals surface area contributed by atoms with E-state index in [9.17, 15) is 13.2 Å². The van der Waals surface area contributed by atoms with E-state index in [0.29, 0.717) is 12.0 Å². The molecule has 0 aromatic heterocycles. The van der Waals surface area contributed by atoms with Crippen LogP contribution in [0.2, 0.25) is 0 Å². The van der Waals surface area contributed by atoms with Crippen LogP contribution in [0, 0.1) is 0 Å². The third-order valence-electron chi connectivity index (χ3n) is 2.32. The van der Waals surface area contributed by atoms with E-state index in [2.05, 4.69) is 4.72 Å². The Labute approximate surface area is 102 Å². The molecular formula is C12H17NO3S. The van der Waals surface area contributed by atoms with E-state index in [-0.39, 0.29) is 18.1 Å². The van der Waals surface area contributed by atoms with E-state index in [1.807, 2.05) is 13.0 Å². The summed E-state index contributed by atoms with van der Waals surface area (Å²) < 4.78 is 25.2. The van der Waals surface area contributed by atoms with Gasteiger partial charge in [0.2, 0.25) is 10.0 Å². The number of carbonyl (C=O) groups excluding carboxylic acids is 1. The lowest BCUT2D eigenvalue weighted by atomic mass is 10.1. The van der Waals surface area contributed by atoms with Crippen LogP contribution in [0.4, 0.5) is 0 Å². The van der Waals surface area contributed by atoms with Gasteiger partial charge in [-0.1, -0.05) is 43.7 Å². The number of unbranched alkanes of at least 4 members (excludes halogenated alkanes) is 1. The van der Waals surface area contributed by atoms with Crippen molar-refractivity contribution in [2.75, 3.05) is 12.3 Å². The van der Waals surface area contributed by atoms with Gasteiger partial charge >= 0.3 is 0 Å². The highest BCUT2D eigenvalue weighted by atomic mass is 32.2. The molecule has 1 rings (SSSR count). The number of nitrogens with one attached hydrogen (secondary N) is 1. The van der Waals surface area contributed by atoms with Crippen molar-refractivity contribution in [1.82, 2.24) is 4.72 Å². The maximum Gasteiger partial charge on any atom is 0.212 e. The number of ketones is 1. The number of hydrogen-bond acceptors (Lipinski definition) is 3. The van der Waals surface area contributed by atoms with E-state index < -0.39 is 10.0 Å². The molecule has 17 heavy (non-hydrogen) atoms. The highest BCUT2D eigenvalue weighted by molar-refractivity contribution is 7.89. The van der Waals surface area contributed by atoms with Crippen LogP contribution in [-0.4, -0.2) is 26.5 Å². The molecule has 0 unspecified atom stereocenters. The van der Waals surface area contributed by atoms with Gasteiger partial charge < -0.3 is 0 Å². The first-order chi connectivity index (χ1) is 8.05. The van der Waals surface area contributed by atoms with Crippen LogP contribution >= 0.6 is 0 Å². The molecule has 94 valence electrons. The van der Waals surface area contributed by atoms with Crippen LogP contribution in [0.15, 0.2) is 30.3 Å². The van der Waals surface area contributed by atoms with Crippen molar-refractivity contribution >= 4 is 15.8 Å². The molecule has 0 amide bonds. The Kier molecular flexibility index (Phi) is 5.31. The number of rotatable bonds is 7. The topological polar surface area (TPSA) is 63.2 Å². The normalized spacial score (nSPS) is 11.4. The molecule has 0 aliphatic heterocycles. The summed E-state index contributed by atoms with van der Waals surface area (Å²) in [6.45, 7) is 1.75. The van der Waals surface area contributed by atoms with E-state index in [0.717, 1.165) is 6.42 Å². The molecule has 0 bridgehead atoms. The molecule has 0 atom stereocenters. The Morgan fingerprint density at radius 3 is 2.47 bits per heavy atom. The first-order valence-electron chi connectivity index (χ1n) is 5.61. The molecule has 0 saturated heterocycles. The largest absolute Gasteiger partial charge is 0.293 e. The lowest BCUT2D eigenvalue weighted by molar-refractivity contribution is 0.0997. The van der Waals surface area contributed by atoms with Gasteiger partial charge in [-0.2, -0.15) is 0 Å². The average molecular weight is 255 g/mol. The lowest BCUT2D eigenvalue weighted by Gasteiger charge is -2.05. The summed E-state index contributed by atoms with van der Waals surface area (Å²) >= 11 is 0. The van der Waals surface area contributed by atoms with Gasteiger partial charge in [0.15, 0.2) is 5.78 Å². The van der Waals surface area contributed by atoms with E-state index in [4.69, 9.17) is 0 Å². The second-order valence-electron chi connectivity index (χ2n) is 3.78. The SMILES string of the molecule is CCCCS(=O)(=O)NCC(=O)c1ccccc1. The van der Waals surface area contributed by atoms with Gasteiger partial charge in [-0.05, 0) is 6.42 Å². The van der Waals surface area contributed by atoms with Crippen LogP contribution in [0.1, 0.15) is 30.1 Å². The summed E-state index contributed by atoms with van der Waals surface area (Å²) in [7, 11) is -3.32. The quantitative estimate of drug-likeness (QED) is 0.752. The fraction of sp³-hybridized carbons (Fsp3) is 0.417. The van der Waals surface area contributed by atoms with Crippen molar-refractivity contribution in [2.24, 2.45) is 0 Å². The minimum Gasteiger partial charge on any atom is -0.293 e. The van der Waals surface area contributed by atoms with E-state index in [1.54, 1.807) is 24.3 Å². The fourth-order valence-corrected chi connectivity index (χ4v) is 2.47. The summed E-state index contributed by atoms with van der Waals surface area (Å²) in [4.78, 5) is 11.6. The molecule has 4 nitrogen and oxygen atoms in total. The molecule has 1 aromatic carbocycles. The highest BCUT2D eigenvalue weighted by Gasteiger charge is 2.12. The Balaban J connectivity index is 2.49. The molecule has 0 spiro atoms. The summed E-state index contributed by atoms with van der Waals surface area (Å²) in [5.41, 5.74) is 0.519. The number of sulfonamides is 1. The first kappa shape index (κ1) is 13.9. The fourth-order valence-electron chi connectivity index (χ4n) is 1.31. The molecule has 1 aromatic rings. The molecule has 1 N–H and O–H groups in total. The van der Waals surface area contributed by atoms with Gasteiger partial charge in [-0.15, -0.1) is 0 Å². The van der Waals surface area contributed by atoms with Gasteiger partial charge in [-0.25, -0.2) is 13.1 Å². The first-order valence-corrected chi connectivity index (χ1v) is 7.26. The smallest absolute Gasteiger partial charge is 0.212 e. The Morgan fingerprint density at radius 1 is 1.24 bits per heavy atom. The summed E-state index contributed by atoms with van der Waals surface area (Å²) in [5, 5.41) is 0. The molecule has 0 aliphatic carbocycles. The van der Waals surface area contributed by atoms with E-state index >= 15 is 0 Å². The van der Waals surface area contributed by atoms with Crippen LogP contribution in [0.25, 0.3) is 0 Å². The third-order valence-corrected chi connectivity index (χ3v) is 3.73. The van der Waals surface area contributed by atoms with Gasteiger partial charge in [-0.3, -0.25) is 4.79 Å². The summed E-state index contributed by atoms with van der Waals surface area (Å²) in [5.74, 6) is -0.142. The predicted octanol–water partition coefficient (Wildman–Crippen LogP) is 1.59. The average Bonchev–Trinajstić information content (AvgIpc) is 2.35. The Morgan fingerprint density at radius 2 is 1.88 bits per heavy atom. The lowest BCUT2D eigenvalue weighted by Crippen LogP contribution is -2.31. The molecule has 0 heterocycles. The predicted molar refractivity (Wildman–Crippen MR) is 67.5 cm³/mol. The van der Waals surface area contributed by atoms with Crippen LogP contribution in [0.5, 0.6) is 0 Å².